The molecule has 2 fully saturated rings. The molecule has 0 aromatic heterocycles. The molecule has 2 aromatic carbocycles. The van der Waals surface area contributed by atoms with Crippen LogP contribution in [0.4, 0.5) is 0 Å². The van der Waals surface area contributed by atoms with Gasteiger partial charge in [-0.3, -0.25) is 0 Å². The summed E-state index contributed by atoms with van der Waals surface area (Å²) in [6.45, 7) is 4.91. The van der Waals surface area contributed by atoms with E-state index in [1.807, 2.05) is 13.8 Å². The van der Waals surface area contributed by atoms with Crippen LogP contribution >= 0.6 is 0 Å². The van der Waals surface area contributed by atoms with Crippen molar-refractivity contribution >= 4 is 20.0 Å². The summed E-state index contributed by atoms with van der Waals surface area (Å²) in [5, 5.41) is 0. The fourth-order valence-electron chi connectivity index (χ4n) is 5.01. The van der Waals surface area contributed by atoms with Crippen molar-refractivity contribution in [1.29, 1.82) is 0 Å². The first-order valence-electron chi connectivity index (χ1n) is 12.0. The number of benzene rings is 2. The van der Waals surface area contributed by atoms with Crippen LogP contribution in [0.25, 0.3) is 11.1 Å². The van der Waals surface area contributed by atoms with Crippen molar-refractivity contribution in [2.75, 3.05) is 20.2 Å². The Morgan fingerprint density at radius 1 is 0.765 bits per heavy atom. The van der Waals surface area contributed by atoms with Crippen LogP contribution in [0.1, 0.15) is 52.4 Å². The third kappa shape index (κ3) is 4.76. The summed E-state index contributed by atoms with van der Waals surface area (Å²) in [7, 11) is -5.85. The Balaban J connectivity index is 1.72. The number of hydrogen-bond donors (Lipinski definition) is 0. The van der Waals surface area contributed by atoms with E-state index < -0.39 is 20.0 Å². The number of sulfonamides is 2. The zero-order valence-corrected chi connectivity index (χ0v) is 21.7. The van der Waals surface area contributed by atoms with Crippen LogP contribution in [0.3, 0.4) is 0 Å². The highest BCUT2D eigenvalue weighted by molar-refractivity contribution is 7.89. The molecule has 0 unspecified atom stereocenters. The molecule has 2 heterocycles. The zero-order valence-electron chi connectivity index (χ0n) is 20.1. The molecule has 2 aliphatic heterocycles. The van der Waals surface area contributed by atoms with Crippen molar-refractivity contribution in [3.8, 4) is 16.9 Å². The first-order chi connectivity index (χ1) is 16.2. The van der Waals surface area contributed by atoms with Crippen LogP contribution in [0.2, 0.25) is 0 Å². The van der Waals surface area contributed by atoms with Gasteiger partial charge in [-0.25, -0.2) is 16.8 Å². The van der Waals surface area contributed by atoms with Gasteiger partial charge in [0, 0.05) is 36.8 Å². The van der Waals surface area contributed by atoms with Crippen LogP contribution in [0.5, 0.6) is 5.75 Å². The maximum atomic E-state index is 13.7. The fraction of sp³-hybridized carbons (Fsp3) is 0.520. The molecule has 7 nitrogen and oxygen atoms in total. The van der Waals surface area contributed by atoms with Gasteiger partial charge in [0.1, 0.15) is 5.75 Å². The largest absolute Gasteiger partial charge is 0.497 e. The average Bonchev–Trinajstić information content (AvgIpc) is 2.84. The van der Waals surface area contributed by atoms with Crippen molar-refractivity contribution in [1.82, 2.24) is 8.61 Å². The molecule has 0 radical (unpaired) electrons. The third-order valence-electron chi connectivity index (χ3n) is 7.03. The molecule has 9 heteroatoms. The van der Waals surface area contributed by atoms with E-state index in [1.165, 1.54) is 7.11 Å². The lowest BCUT2D eigenvalue weighted by atomic mass is 10.1. The van der Waals surface area contributed by atoms with Crippen molar-refractivity contribution in [2.24, 2.45) is 0 Å². The van der Waals surface area contributed by atoms with Gasteiger partial charge in [0.2, 0.25) is 20.0 Å². The van der Waals surface area contributed by atoms with Crippen molar-refractivity contribution in [2.45, 2.75) is 74.2 Å². The van der Waals surface area contributed by atoms with Crippen LogP contribution in [0, 0.1) is 0 Å². The van der Waals surface area contributed by atoms with Crippen LogP contribution < -0.4 is 4.74 Å². The highest BCUT2D eigenvalue weighted by atomic mass is 32.2. The van der Waals surface area contributed by atoms with Crippen molar-refractivity contribution < 1.29 is 21.6 Å². The predicted octanol–water partition coefficient (Wildman–Crippen LogP) is 4.49. The van der Waals surface area contributed by atoms with Crippen LogP contribution in [-0.4, -0.2) is 57.7 Å². The van der Waals surface area contributed by atoms with E-state index in [1.54, 1.807) is 51.1 Å². The monoisotopic (exact) mass is 506 g/mol. The summed E-state index contributed by atoms with van der Waals surface area (Å²) < 4.78 is 62.3. The molecular weight excluding hydrogens is 472 g/mol. The standard InChI is InChI=1S/C25H34N2O5S2/c1-19-8-4-6-16-26(19)33(28,29)23-13-10-21(11-14-23)24-15-12-22(32-3)18-25(24)34(30,31)27-17-7-5-9-20(27)2/h10-15,18-20H,4-9,16-17H2,1-3H3/t19-,20-/m1/s1. The smallest absolute Gasteiger partial charge is 0.244 e. The van der Waals surface area contributed by atoms with Gasteiger partial charge in [-0.1, -0.05) is 25.0 Å². The van der Waals surface area contributed by atoms with Crippen LogP contribution in [0.15, 0.2) is 52.3 Å². The summed E-state index contributed by atoms with van der Waals surface area (Å²) in [6, 6.07) is 11.5. The Kier molecular flexibility index (Phi) is 7.38. The van der Waals surface area contributed by atoms with Gasteiger partial charge in [0.05, 0.1) is 16.9 Å². The molecule has 0 N–H and O–H groups in total. The molecule has 0 spiro atoms. The van der Waals surface area contributed by atoms with Crippen LogP contribution in [-0.2, 0) is 20.0 Å². The minimum Gasteiger partial charge on any atom is -0.497 e. The Labute approximate surface area is 203 Å². The number of piperidine rings is 2. The number of nitrogens with zero attached hydrogens (tertiary/aromatic N) is 2. The summed E-state index contributed by atoms with van der Waals surface area (Å²) in [5.74, 6) is 0.463. The van der Waals surface area contributed by atoms with Gasteiger partial charge in [-0.15, -0.1) is 0 Å². The summed E-state index contributed by atoms with van der Waals surface area (Å²) in [4.78, 5) is 0.411. The lowest BCUT2D eigenvalue weighted by molar-refractivity contribution is 0.268. The lowest BCUT2D eigenvalue weighted by Gasteiger charge is -2.33. The topological polar surface area (TPSA) is 84.0 Å². The Bertz CT molecular complexity index is 1230. The van der Waals surface area contributed by atoms with Gasteiger partial charge in [0.25, 0.3) is 0 Å². The Morgan fingerprint density at radius 2 is 1.32 bits per heavy atom. The maximum Gasteiger partial charge on any atom is 0.244 e. The fourth-order valence-corrected chi connectivity index (χ4v) is 8.64. The predicted molar refractivity (Wildman–Crippen MR) is 133 cm³/mol. The Hall–Kier alpha value is -1.94. The molecule has 0 aliphatic carbocycles. The summed E-state index contributed by atoms with van der Waals surface area (Å²) in [5.41, 5.74) is 1.19. The van der Waals surface area contributed by atoms with Gasteiger partial charge < -0.3 is 4.74 Å². The van der Waals surface area contributed by atoms with Gasteiger partial charge in [-0.05, 0) is 69.4 Å². The molecular formula is C25H34N2O5S2. The van der Waals surface area contributed by atoms with E-state index >= 15 is 0 Å². The normalized spacial score (nSPS) is 23.0. The molecule has 0 amide bonds. The molecule has 4 rings (SSSR count). The van der Waals surface area contributed by atoms with E-state index in [0.29, 0.717) is 30.0 Å². The molecule has 2 aromatic rings. The maximum absolute atomic E-state index is 13.7. The minimum absolute atomic E-state index is 0.0247. The molecule has 34 heavy (non-hydrogen) atoms. The highest BCUT2D eigenvalue weighted by Gasteiger charge is 2.34. The van der Waals surface area contributed by atoms with E-state index in [2.05, 4.69) is 0 Å². The van der Waals surface area contributed by atoms with E-state index in [4.69, 9.17) is 4.74 Å². The summed E-state index contributed by atoms with van der Waals surface area (Å²) >= 11 is 0. The van der Waals surface area contributed by atoms with Gasteiger partial charge in [-0.2, -0.15) is 8.61 Å². The first-order valence-corrected chi connectivity index (χ1v) is 14.9. The second-order valence-electron chi connectivity index (χ2n) is 9.31. The number of ether oxygens (including phenoxy) is 1. The SMILES string of the molecule is COc1ccc(-c2ccc(S(=O)(=O)N3CCCC[C@H]3C)cc2)c(S(=O)(=O)N2CCCC[C@H]2C)c1. The van der Waals surface area contributed by atoms with Gasteiger partial charge in [0.15, 0.2) is 0 Å². The van der Waals surface area contributed by atoms with E-state index in [-0.39, 0.29) is 21.9 Å². The molecule has 0 saturated carbocycles. The first kappa shape index (κ1) is 25.2. The average molecular weight is 507 g/mol. The number of hydrogen-bond acceptors (Lipinski definition) is 5. The zero-order chi connectivity index (χ0) is 24.5. The summed E-state index contributed by atoms with van der Waals surface area (Å²) in [6.07, 6.45) is 5.45. The third-order valence-corrected chi connectivity index (χ3v) is 11.1. The number of rotatable bonds is 6. The lowest BCUT2D eigenvalue weighted by Crippen LogP contribution is -2.42. The highest BCUT2D eigenvalue weighted by Crippen LogP contribution is 2.36. The molecule has 2 aliphatic rings. The molecule has 2 atom stereocenters. The van der Waals surface area contributed by atoms with E-state index in [0.717, 1.165) is 38.5 Å². The van der Waals surface area contributed by atoms with Crippen molar-refractivity contribution in [3.05, 3.63) is 42.5 Å². The Morgan fingerprint density at radius 3 is 1.85 bits per heavy atom. The van der Waals surface area contributed by atoms with E-state index in [9.17, 15) is 16.8 Å². The molecule has 0 bridgehead atoms. The molecule has 2 saturated heterocycles. The minimum atomic E-state index is -3.76. The number of methoxy groups -OCH3 is 1. The van der Waals surface area contributed by atoms with Crippen molar-refractivity contribution in [3.63, 3.8) is 0 Å². The second-order valence-corrected chi connectivity index (χ2v) is 13.1. The molecule has 186 valence electrons. The van der Waals surface area contributed by atoms with Gasteiger partial charge >= 0.3 is 0 Å². The quantitative estimate of drug-likeness (QED) is 0.576. The second kappa shape index (κ2) is 9.97.